The third kappa shape index (κ3) is 7.38. The van der Waals surface area contributed by atoms with E-state index in [2.05, 4.69) is 10.1 Å². The lowest BCUT2D eigenvalue weighted by Gasteiger charge is -2.21. The molecule has 150 valence electrons. The Hall–Kier alpha value is -2.42. The summed E-state index contributed by atoms with van der Waals surface area (Å²) in [5.74, 6) is -2.64. The molecule has 0 aliphatic heterocycles. The molecule has 1 aromatic rings. The first-order valence-electron chi connectivity index (χ1n) is 8.51. The fourth-order valence-corrected chi connectivity index (χ4v) is 3.44. The molecule has 0 saturated carbocycles. The summed E-state index contributed by atoms with van der Waals surface area (Å²) in [5.41, 5.74) is 0. The van der Waals surface area contributed by atoms with Crippen molar-refractivity contribution in [2.45, 2.75) is 37.6 Å². The van der Waals surface area contributed by atoms with E-state index in [1.165, 1.54) is 19.2 Å². The molecule has 2 atom stereocenters. The lowest BCUT2D eigenvalue weighted by Crippen LogP contribution is -2.47. The van der Waals surface area contributed by atoms with Crippen LogP contribution in [0.15, 0.2) is 35.2 Å². The van der Waals surface area contributed by atoms with Gasteiger partial charge in [0.2, 0.25) is 0 Å². The van der Waals surface area contributed by atoms with Crippen molar-refractivity contribution in [1.29, 1.82) is 0 Å². The average molecular weight is 399 g/mol. The van der Waals surface area contributed by atoms with E-state index in [9.17, 15) is 22.8 Å². The normalized spacial score (nSPS) is 13.3. The van der Waals surface area contributed by atoms with Crippen molar-refractivity contribution >= 4 is 27.7 Å². The molecule has 8 nitrogen and oxygen atoms in total. The second-order valence-electron chi connectivity index (χ2n) is 6.00. The molecule has 1 aromatic carbocycles. The summed E-state index contributed by atoms with van der Waals surface area (Å²) in [6, 6.07) is 6.90. The van der Waals surface area contributed by atoms with Crippen LogP contribution in [0.4, 0.5) is 0 Å². The summed E-state index contributed by atoms with van der Waals surface area (Å²) < 4.78 is 33.6. The topological polar surface area (TPSA) is 116 Å². The number of methoxy groups -OCH3 is 1. The lowest BCUT2D eigenvalue weighted by molar-refractivity contribution is -0.150. The third-order valence-electron chi connectivity index (χ3n) is 4.03. The largest absolute Gasteiger partial charge is 0.467 e. The van der Waals surface area contributed by atoms with E-state index in [4.69, 9.17) is 4.74 Å². The van der Waals surface area contributed by atoms with Gasteiger partial charge in [-0.2, -0.15) is 0 Å². The van der Waals surface area contributed by atoms with Crippen molar-refractivity contribution < 1.29 is 32.3 Å². The molecule has 1 amide bonds. The number of sulfone groups is 1. The summed E-state index contributed by atoms with van der Waals surface area (Å²) in [6.07, 6.45) is 0.257. The van der Waals surface area contributed by atoms with Crippen LogP contribution in [-0.2, 0) is 33.7 Å². The molecule has 1 rings (SSSR count). The molecular weight excluding hydrogens is 374 g/mol. The Labute approximate surface area is 159 Å². The molecule has 0 fully saturated rings. The minimum absolute atomic E-state index is 0.116. The van der Waals surface area contributed by atoms with Crippen LogP contribution in [0.2, 0.25) is 0 Å². The first-order valence-corrected chi connectivity index (χ1v) is 10.2. The van der Waals surface area contributed by atoms with Crippen LogP contribution in [0.5, 0.6) is 0 Å². The van der Waals surface area contributed by atoms with E-state index in [1.807, 2.05) is 6.92 Å². The van der Waals surface area contributed by atoms with E-state index in [-0.39, 0.29) is 17.2 Å². The van der Waals surface area contributed by atoms with E-state index in [0.29, 0.717) is 6.42 Å². The molecule has 0 aliphatic carbocycles. The number of carbonyl (C=O) groups is 3. The Balaban J connectivity index is 2.49. The van der Waals surface area contributed by atoms with Crippen LogP contribution in [0.25, 0.3) is 0 Å². The standard InChI is InChI=1S/C18H25NO7S/c1-4-13(2)17(18(22)25-3)19-15(20)12-26-16(21)10-11-27(23,24)14-8-6-5-7-9-14/h5-9,13,17H,4,10-12H2,1-3H3,(H,19,20)/t13-,17+/m0/s1. The van der Waals surface area contributed by atoms with Gasteiger partial charge in [0.05, 0.1) is 24.2 Å². The summed E-state index contributed by atoms with van der Waals surface area (Å²) in [6.45, 7) is 3.04. The first-order chi connectivity index (χ1) is 12.7. The number of carbonyl (C=O) groups excluding carboxylic acids is 3. The Morgan fingerprint density at radius 3 is 2.33 bits per heavy atom. The fourth-order valence-electron chi connectivity index (χ4n) is 2.19. The molecule has 27 heavy (non-hydrogen) atoms. The minimum Gasteiger partial charge on any atom is -0.467 e. The van der Waals surface area contributed by atoms with Crippen molar-refractivity contribution in [3.05, 3.63) is 30.3 Å². The van der Waals surface area contributed by atoms with Gasteiger partial charge in [0.25, 0.3) is 5.91 Å². The second kappa shape index (κ2) is 10.7. The summed E-state index contributed by atoms with van der Waals surface area (Å²) >= 11 is 0. The molecular formula is C18H25NO7S. The van der Waals surface area contributed by atoms with Gasteiger partial charge in [0.15, 0.2) is 16.4 Å². The Bertz CT molecular complexity index is 746. The average Bonchev–Trinajstić information content (AvgIpc) is 2.68. The van der Waals surface area contributed by atoms with Crippen LogP contribution in [-0.4, -0.2) is 51.8 Å². The number of ether oxygens (including phenoxy) is 2. The molecule has 0 unspecified atom stereocenters. The summed E-state index contributed by atoms with van der Waals surface area (Å²) in [4.78, 5) is 35.5. The van der Waals surface area contributed by atoms with Crippen molar-refractivity contribution in [3.63, 3.8) is 0 Å². The molecule has 0 bridgehead atoms. The molecule has 0 saturated heterocycles. The number of hydrogen-bond donors (Lipinski definition) is 1. The van der Waals surface area contributed by atoms with Gasteiger partial charge in [-0.05, 0) is 18.1 Å². The molecule has 0 heterocycles. The summed E-state index contributed by atoms with van der Waals surface area (Å²) in [7, 11) is -2.39. The molecule has 0 radical (unpaired) electrons. The van der Waals surface area contributed by atoms with Gasteiger partial charge in [0, 0.05) is 0 Å². The van der Waals surface area contributed by atoms with Crippen molar-refractivity contribution in [1.82, 2.24) is 5.32 Å². The highest BCUT2D eigenvalue weighted by molar-refractivity contribution is 7.91. The van der Waals surface area contributed by atoms with Gasteiger partial charge in [-0.3, -0.25) is 9.59 Å². The number of benzene rings is 1. The van der Waals surface area contributed by atoms with Crippen LogP contribution in [0, 0.1) is 5.92 Å². The predicted octanol–water partition coefficient (Wildman–Crippen LogP) is 1.10. The van der Waals surface area contributed by atoms with Gasteiger partial charge in [-0.25, -0.2) is 13.2 Å². The van der Waals surface area contributed by atoms with E-state index in [1.54, 1.807) is 25.1 Å². The fraction of sp³-hybridized carbons (Fsp3) is 0.500. The summed E-state index contributed by atoms with van der Waals surface area (Å²) in [5, 5.41) is 2.46. The third-order valence-corrected chi connectivity index (χ3v) is 5.76. The Morgan fingerprint density at radius 2 is 1.78 bits per heavy atom. The molecule has 0 aliphatic rings. The molecule has 0 spiro atoms. The number of esters is 2. The SMILES string of the molecule is CC[C@H](C)[C@@H](NC(=O)COC(=O)CCS(=O)(=O)c1ccccc1)C(=O)OC. The number of hydrogen-bond acceptors (Lipinski definition) is 7. The maximum atomic E-state index is 12.1. The van der Waals surface area contributed by atoms with Gasteiger partial charge >= 0.3 is 11.9 Å². The number of rotatable bonds is 10. The monoisotopic (exact) mass is 399 g/mol. The zero-order valence-electron chi connectivity index (χ0n) is 15.6. The van der Waals surface area contributed by atoms with Gasteiger partial charge in [-0.1, -0.05) is 38.5 Å². The Morgan fingerprint density at radius 1 is 1.15 bits per heavy atom. The van der Waals surface area contributed by atoms with Crippen LogP contribution in [0.3, 0.4) is 0 Å². The second-order valence-corrected chi connectivity index (χ2v) is 8.11. The van der Waals surface area contributed by atoms with Crippen molar-refractivity contribution in [3.8, 4) is 0 Å². The quantitative estimate of drug-likeness (QED) is 0.586. The van der Waals surface area contributed by atoms with Gasteiger partial charge in [0.1, 0.15) is 6.04 Å². The highest BCUT2D eigenvalue weighted by Crippen LogP contribution is 2.12. The number of nitrogens with one attached hydrogen (secondary N) is 1. The molecule has 0 aromatic heterocycles. The maximum absolute atomic E-state index is 12.1. The lowest BCUT2D eigenvalue weighted by atomic mass is 9.99. The van der Waals surface area contributed by atoms with Crippen molar-refractivity contribution in [2.24, 2.45) is 5.92 Å². The minimum atomic E-state index is -3.60. The Kier molecular flexibility index (Phi) is 8.93. The van der Waals surface area contributed by atoms with Crippen LogP contribution >= 0.6 is 0 Å². The maximum Gasteiger partial charge on any atom is 0.328 e. The van der Waals surface area contributed by atoms with E-state index in [0.717, 1.165) is 0 Å². The first kappa shape index (κ1) is 22.6. The van der Waals surface area contributed by atoms with Gasteiger partial charge in [-0.15, -0.1) is 0 Å². The van der Waals surface area contributed by atoms with E-state index >= 15 is 0 Å². The predicted molar refractivity (Wildman–Crippen MR) is 97.5 cm³/mol. The zero-order chi connectivity index (χ0) is 20.4. The van der Waals surface area contributed by atoms with E-state index < -0.39 is 46.1 Å². The highest BCUT2D eigenvalue weighted by atomic mass is 32.2. The highest BCUT2D eigenvalue weighted by Gasteiger charge is 2.27. The van der Waals surface area contributed by atoms with Crippen molar-refractivity contribution in [2.75, 3.05) is 19.5 Å². The number of amides is 1. The smallest absolute Gasteiger partial charge is 0.328 e. The van der Waals surface area contributed by atoms with Crippen LogP contribution < -0.4 is 5.32 Å². The molecule has 9 heteroatoms. The molecule has 1 N–H and O–H groups in total. The zero-order valence-corrected chi connectivity index (χ0v) is 16.5. The van der Waals surface area contributed by atoms with Gasteiger partial charge < -0.3 is 14.8 Å². The van der Waals surface area contributed by atoms with Crippen LogP contribution in [0.1, 0.15) is 26.7 Å².